The second-order valence-corrected chi connectivity index (χ2v) is 6.48. The van der Waals surface area contributed by atoms with Crippen LogP contribution in [0.5, 0.6) is 5.75 Å². The summed E-state index contributed by atoms with van der Waals surface area (Å²) in [6.07, 6.45) is 1.51. The molecule has 0 atom stereocenters. The molecule has 0 amide bonds. The molecule has 2 aromatic heterocycles. The van der Waals surface area contributed by atoms with E-state index in [1.807, 2.05) is 36.4 Å². The normalized spacial score (nSPS) is 11.0. The monoisotopic (exact) mass is 351 g/mol. The summed E-state index contributed by atoms with van der Waals surface area (Å²) in [6, 6.07) is 16.3. The third-order valence-electron chi connectivity index (χ3n) is 3.78. The zero-order valence-corrected chi connectivity index (χ0v) is 14.2. The molecule has 0 radical (unpaired) electrons. The predicted molar refractivity (Wildman–Crippen MR) is 96.4 cm³/mol. The van der Waals surface area contributed by atoms with Gasteiger partial charge in [0.15, 0.2) is 0 Å². The number of hydrogen-bond donors (Lipinski definition) is 1. The van der Waals surface area contributed by atoms with Crippen LogP contribution >= 0.6 is 11.8 Å². The first-order valence-corrected chi connectivity index (χ1v) is 8.46. The maximum Gasteiger partial charge on any atom is 0.142 e. The lowest BCUT2D eigenvalue weighted by Gasteiger charge is -2.02. The molecule has 0 saturated carbocycles. The highest BCUT2D eigenvalue weighted by atomic mass is 32.2. The Kier molecular flexibility index (Phi) is 4.11. The quantitative estimate of drug-likeness (QED) is 0.530. The summed E-state index contributed by atoms with van der Waals surface area (Å²) in [6.45, 7) is 0. The highest BCUT2D eigenvalue weighted by Gasteiger charge is 2.11. The Hall–Kier alpha value is -2.86. The van der Waals surface area contributed by atoms with Crippen molar-refractivity contribution in [1.29, 1.82) is 0 Å². The maximum absolute atomic E-state index is 13.4. The Bertz CT molecular complexity index is 1050. The summed E-state index contributed by atoms with van der Waals surface area (Å²) in [7, 11) is 1.64. The first-order chi connectivity index (χ1) is 12.2. The van der Waals surface area contributed by atoms with Crippen LogP contribution in [0.25, 0.3) is 22.3 Å². The molecule has 4 aromatic rings. The highest BCUT2D eigenvalue weighted by Crippen LogP contribution is 2.34. The Morgan fingerprint density at radius 3 is 2.76 bits per heavy atom. The number of nitrogens with one attached hydrogen (secondary N) is 1. The number of nitrogens with zero attached hydrogens (tertiary/aromatic N) is 2. The van der Waals surface area contributed by atoms with Crippen molar-refractivity contribution in [3.63, 3.8) is 0 Å². The van der Waals surface area contributed by atoms with Gasteiger partial charge in [0, 0.05) is 16.2 Å². The lowest BCUT2D eigenvalue weighted by Crippen LogP contribution is -1.85. The van der Waals surface area contributed by atoms with Crippen LogP contribution in [-0.4, -0.2) is 22.1 Å². The molecule has 0 unspecified atom stereocenters. The van der Waals surface area contributed by atoms with E-state index in [0.29, 0.717) is 0 Å². The average molecular weight is 351 g/mol. The van der Waals surface area contributed by atoms with Gasteiger partial charge < -0.3 is 9.72 Å². The molecule has 4 rings (SSSR count). The minimum absolute atomic E-state index is 0.263. The van der Waals surface area contributed by atoms with E-state index in [2.05, 4.69) is 15.0 Å². The molecule has 25 heavy (non-hydrogen) atoms. The summed E-state index contributed by atoms with van der Waals surface area (Å²) >= 11 is 1.41. The van der Waals surface area contributed by atoms with Crippen LogP contribution in [0.1, 0.15) is 0 Å². The molecule has 1 N–H and O–H groups in total. The van der Waals surface area contributed by atoms with Crippen molar-refractivity contribution in [2.24, 2.45) is 0 Å². The first-order valence-electron chi connectivity index (χ1n) is 7.64. The number of benzene rings is 2. The molecule has 0 bridgehead atoms. The van der Waals surface area contributed by atoms with Crippen LogP contribution in [0, 0.1) is 5.82 Å². The number of aromatic amines is 1. The zero-order chi connectivity index (χ0) is 17.2. The van der Waals surface area contributed by atoms with Crippen LogP contribution in [0.3, 0.4) is 0 Å². The molecule has 0 aliphatic rings. The Labute approximate surface area is 148 Å². The molecule has 124 valence electrons. The summed E-state index contributed by atoms with van der Waals surface area (Å²) in [5.41, 5.74) is 2.67. The summed E-state index contributed by atoms with van der Waals surface area (Å²) < 4.78 is 18.7. The Morgan fingerprint density at radius 2 is 1.92 bits per heavy atom. The van der Waals surface area contributed by atoms with E-state index in [0.717, 1.165) is 38.0 Å². The van der Waals surface area contributed by atoms with Gasteiger partial charge in [0.05, 0.1) is 12.5 Å². The van der Waals surface area contributed by atoms with Crippen molar-refractivity contribution in [3.05, 3.63) is 66.7 Å². The van der Waals surface area contributed by atoms with E-state index in [9.17, 15) is 4.39 Å². The lowest BCUT2D eigenvalue weighted by atomic mass is 10.1. The average Bonchev–Trinajstić information content (AvgIpc) is 3.07. The fourth-order valence-electron chi connectivity index (χ4n) is 2.59. The van der Waals surface area contributed by atoms with E-state index in [1.165, 1.54) is 30.2 Å². The second kappa shape index (κ2) is 6.57. The van der Waals surface area contributed by atoms with Gasteiger partial charge >= 0.3 is 0 Å². The molecular weight excluding hydrogens is 337 g/mol. The van der Waals surface area contributed by atoms with Gasteiger partial charge in [-0.15, -0.1) is 0 Å². The van der Waals surface area contributed by atoms with Gasteiger partial charge in [-0.1, -0.05) is 30.0 Å². The molecule has 0 aliphatic carbocycles. The largest absolute Gasteiger partial charge is 0.497 e. The van der Waals surface area contributed by atoms with Crippen molar-refractivity contribution in [2.75, 3.05) is 7.11 Å². The summed E-state index contributed by atoms with van der Waals surface area (Å²) in [5.74, 6) is 0.526. The Morgan fingerprint density at radius 1 is 1.04 bits per heavy atom. The van der Waals surface area contributed by atoms with Crippen LogP contribution in [-0.2, 0) is 0 Å². The fraction of sp³-hybridized carbons (Fsp3) is 0.0526. The number of aromatic nitrogens is 3. The van der Waals surface area contributed by atoms with E-state index >= 15 is 0 Å². The molecule has 0 aliphatic heterocycles. The number of rotatable bonds is 4. The van der Waals surface area contributed by atoms with E-state index in [4.69, 9.17) is 4.74 Å². The van der Waals surface area contributed by atoms with Crippen molar-refractivity contribution < 1.29 is 9.13 Å². The summed E-state index contributed by atoms with van der Waals surface area (Å²) in [5, 5.41) is 1.68. The maximum atomic E-state index is 13.4. The number of ether oxygens (including phenoxy) is 1. The van der Waals surface area contributed by atoms with Gasteiger partial charge in [-0.25, -0.2) is 14.4 Å². The molecular formula is C19H14FN3OS. The standard InChI is InChI=1S/C19H14FN3OS/c1-24-14-6-2-4-12(8-14)17-10-16-18(23-17)21-11-22-19(16)25-15-7-3-5-13(20)9-15/h2-11H,1H3,(H,21,22,23). The minimum atomic E-state index is -0.263. The van der Waals surface area contributed by atoms with Gasteiger partial charge in [0.2, 0.25) is 0 Å². The molecule has 2 heterocycles. The van der Waals surface area contributed by atoms with Crippen LogP contribution in [0.15, 0.2) is 70.8 Å². The van der Waals surface area contributed by atoms with Gasteiger partial charge in [-0.05, 0) is 36.4 Å². The van der Waals surface area contributed by atoms with Crippen LogP contribution in [0.2, 0.25) is 0 Å². The predicted octanol–water partition coefficient (Wildman–Crippen LogP) is 4.92. The number of methoxy groups -OCH3 is 1. The van der Waals surface area contributed by atoms with E-state index in [-0.39, 0.29) is 5.82 Å². The van der Waals surface area contributed by atoms with Gasteiger partial charge in [0.25, 0.3) is 0 Å². The first kappa shape index (κ1) is 15.7. The number of H-pyrrole nitrogens is 1. The third kappa shape index (κ3) is 3.21. The van der Waals surface area contributed by atoms with Crippen molar-refractivity contribution in [3.8, 4) is 17.0 Å². The topological polar surface area (TPSA) is 50.8 Å². The van der Waals surface area contributed by atoms with Crippen molar-refractivity contribution >= 4 is 22.8 Å². The SMILES string of the molecule is COc1cccc(-c2cc3c(Sc4cccc(F)c4)ncnc3[nH]2)c1. The molecule has 0 spiro atoms. The lowest BCUT2D eigenvalue weighted by molar-refractivity contribution is 0.415. The number of hydrogen-bond acceptors (Lipinski definition) is 4. The highest BCUT2D eigenvalue weighted by molar-refractivity contribution is 7.99. The van der Waals surface area contributed by atoms with Gasteiger partial charge in [-0.2, -0.15) is 0 Å². The molecule has 0 saturated heterocycles. The molecule has 2 aromatic carbocycles. The third-order valence-corrected chi connectivity index (χ3v) is 4.79. The van der Waals surface area contributed by atoms with Gasteiger partial charge in [-0.3, -0.25) is 0 Å². The van der Waals surface area contributed by atoms with Gasteiger partial charge in [0.1, 0.15) is 28.6 Å². The minimum Gasteiger partial charge on any atom is -0.497 e. The molecule has 4 nitrogen and oxygen atoms in total. The molecule has 0 fully saturated rings. The smallest absolute Gasteiger partial charge is 0.142 e. The second-order valence-electron chi connectivity index (χ2n) is 5.42. The Balaban J connectivity index is 1.75. The van der Waals surface area contributed by atoms with Crippen LogP contribution in [0.4, 0.5) is 4.39 Å². The van der Waals surface area contributed by atoms with Crippen molar-refractivity contribution in [2.45, 2.75) is 9.92 Å². The number of halogens is 1. The van der Waals surface area contributed by atoms with Crippen LogP contribution < -0.4 is 4.74 Å². The van der Waals surface area contributed by atoms with E-state index < -0.39 is 0 Å². The zero-order valence-electron chi connectivity index (χ0n) is 13.4. The fourth-order valence-corrected chi connectivity index (χ4v) is 3.49. The van der Waals surface area contributed by atoms with Crippen molar-refractivity contribution in [1.82, 2.24) is 15.0 Å². The number of fused-ring (bicyclic) bond motifs is 1. The van der Waals surface area contributed by atoms with E-state index in [1.54, 1.807) is 13.2 Å². The molecule has 6 heteroatoms. The summed E-state index contributed by atoms with van der Waals surface area (Å²) in [4.78, 5) is 12.8.